The summed E-state index contributed by atoms with van der Waals surface area (Å²) in [4.78, 5) is 23.5. The molecule has 22 heavy (non-hydrogen) atoms. The zero-order valence-corrected chi connectivity index (χ0v) is 15.0. The van der Waals surface area contributed by atoms with Gasteiger partial charge in [-0.1, -0.05) is 26.8 Å². The molecule has 1 N–H and O–H groups in total. The smallest absolute Gasteiger partial charge is 0.379 e. The van der Waals surface area contributed by atoms with Crippen molar-refractivity contribution in [3.8, 4) is 11.5 Å². The van der Waals surface area contributed by atoms with E-state index in [4.69, 9.17) is 4.43 Å². The molecule has 0 heterocycles. The van der Waals surface area contributed by atoms with Crippen LogP contribution in [0.3, 0.4) is 0 Å². The van der Waals surface area contributed by atoms with E-state index in [0.29, 0.717) is 0 Å². The van der Waals surface area contributed by atoms with Gasteiger partial charge in [-0.05, 0) is 37.2 Å². The van der Waals surface area contributed by atoms with Crippen LogP contribution in [-0.4, -0.2) is 31.8 Å². The van der Waals surface area contributed by atoms with Gasteiger partial charge < -0.3 is 14.3 Å². The lowest BCUT2D eigenvalue weighted by Crippen LogP contribution is -2.43. The second kappa shape index (κ2) is 6.52. The number of Topliss-reactive ketones (excluding diaryl/α,β-unsaturated/α-hetero) is 1. The maximum Gasteiger partial charge on any atom is 0.379 e. The van der Waals surface area contributed by atoms with Gasteiger partial charge in [0.05, 0.1) is 12.2 Å². The van der Waals surface area contributed by atoms with Gasteiger partial charge in [0.2, 0.25) is 0 Å². The molecule has 0 aromatic heterocycles. The summed E-state index contributed by atoms with van der Waals surface area (Å²) in [5, 5.41) is 10.2. The summed E-state index contributed by atoms with van der Waals surface area (Å²) in [6.07, 6.45) is 0. The monoisotopic (exact) mass is 324 g/mol. The minimum absolute atomic E-state index is 0.0550. The number of ketones is 1. The van der Waals surface area contributed by atoms with E-state index in [1.54, 1.807) is 19.1 Å². The number of phenolic OH excluding ortho intramolecular Hbond substituents is 1. The highest BCUT2D eigenvalue weighted by molar-refractivity contribution is 6.74. The van der Waals surface area contributed by atoms with Gasteiger partial charge >= 0.3 is 5.97 Å². The SMILES string of the molecule is CCOC(=O)C(=O)c1cccc(O[Si](C)(C)C(C)(C)C)c1O. The molecule has 0 radical (unpaired) electrons. The van der Waals surface area contributed by atoms with Crippen LogP contribution in [0.1, 0.15) is 38.1 Å². The molecule has 0 aliphatic rings. The van der Waals surface area contributed by atoms with Crippen LogP contribution in [0.4, 0.5) is 0 Å². The third kappa shape index (κ3) is 3.88. The van der Waals surface area contributed by atoms with Crippen LogP contribution < -0.4 is 4.43 Å². The number of hydrogen-bond donors (Lipinski definition) is 1. The molecule has 122 valence electrons. The van der Waals surface area contributed by atoms with Crippen LogP contribution in [0.15, 0.2) is 18.2 Å². The van der Waals surface area contributed by atoms with Crippen LogP contribution in [0.5, 0.6) is 11.5 Å². The molecule has 0 atom stereocenters. The Hall–Kier alpha value is -1.82. The molecular weight excluding hydrogens is 300 g/mol. The van der Waals surface area contributed by atoms with Gasteiger partial charge in [-0.25, -0.2) is 4.79 Å². The first-order valence-corrected chi connectivity index (χ1v) is 10.1. The standard InChI is InChI=1S/C16H24O5Si/c1-7-20-15(19)14(18)11-9-8-10-12(13(11)17)21-22(5,6)16(2,3)4/h8-10,17H,7H2,1-6H3. The molecule has 5 nitrogen and oxygen atoms in total. The van der Waals surface area contributed by atoms with Crippen molar-refractivity contribution in [1.82, 2.24) is 0 Å². The summed E-state index contributed by atoms with van der Waals surface area (Å²) in [6.45, 7) is 12.0. The van der Waals surface area contributed by atoms with Crippen molar-refractivity contribution in [2.75, 3.05) is 6.61 Å². The lowest BCUT2D eigenvalue weighted by molar-refractivity contribution is -0.137. The molecule has 1 rings (SSSR count). The summed E-state index contributed by atoms with van der Waals surface area (Å²) in [7, 11) is -2.16. The highest BCUT2D eigenvalue weighted by Gasteiger charge is 2.39. The molecule has 6 heteroatoms. The zero-order valence-electron chi connectivity index (χ0n) is 14.0. The first-order valence-electron chi connectivity index (χ1n) is 7.23. The van der Waals surface area contributed by atoms with E-state index in [1.807, 2.05) is 13.1 Å². The fourth-order valence-electron chi connectivity index (χ4n) is 1.52. The van der Waals surface area contributed by atoms with Gasteiger partial charge in [-0.3, -0.25) is 4.79 Å². The highest BCUT2D eigenvalue weighted by Crippen LogP contribution is 2.40. The molecule has 0 spiro atoms. The maximum absolute atomic E-state index is 12.0. The summed E-state index contributed by atoms with van der Waals surface area (Å²) < 4.78 is 10.7. The number of aromatic hydroxyl groups is 1. The van der Waals surface area contributed by atoms with E-state index >= 15 is 0 Å². The molecule has 0 saturated heterocycles. The van der Waals surface area contributed by atoms with Crippen molar-refractivity contribution in [2.24, 2.45) is 0 Å². The Morgan fingerprint density at radius 1 is 1.23 bits per heavy atom. The van der Waals surface area contributed by atoms with E-state index in [-0.39, 0.29) is 28.7 Å². The van der Waals surface area contributed by atoms with Crippen LogP contribution in [0, 0.1) is 0 Å². The summed E-state index contributed by atoms with van der Waals surface area (Å²) in [6, 6.07) is 4.56. The van der Waals surface area contributed by atoms with Crippen molar-refractivity contribution in [3.63, 3.8) is 0 Å². The molecule has 0 aliphatic heterocycles. The van der Waals surface area contributed by atoms with E-state index in [1.165, 1.54) is 6.07 Å². The Morgan fingerprint density at radius 2 is 1.82 bits per heavy atom. The normalized spacial score (nSPS) is 11.9. The molecule has 0 amide bonds. The van der Waals surface area contributed by atoms with Crippen LogP contribution in [-0.2, 0) is 9.53 Å². The van der Waals surface area contributed by atoms with Crippen LogP contribution in [0.2, 0.25) is 18.1 Å². The number of phenols is 1. The summed E-state index contributed by atoms with van der Waals surface area (Å²) in [5.41, 5.74) is -0.102. The number of esters is 1. The quantitative estimate of drug-likeness (QED) is 0.388. The fraction of sp³-hybridized carbons (Fsp3) is 0.500. The predicted octanol–water partition coefficient (Wildman–Crippen LogP) is 3.52. The van der Waals surface area contributed by atoms with Crippen molar-refractivity contribution in [3.05, 3.63) is 23.8 Å². The number of carbonyl (C=O) groups is 2. The average molecular weight is 324 g/mol. The Morgan fingerprint density at radius 3 is 2.32 bits per heavy atom. The van der Waals surface area contributed by atoms with Crippen molar-refractivity contribution >= 4 is 20.1 Å². The summed E-state index contributed by atoms with van der Waals surface area (Å²) >= 11 is 0. The molecule has 0 saturated carbocycles. The Kier molecular flexibility index (Phi) is 5.40. The number of carbonyl (C=O) groups excluding carboxylic acids is 2. The molecular formula is C16H24O5Si. The molecule has 1 aromatic rings. The molecule has 0 fully saturated rings. The molecule has 0 bridgehead atoms. The van der Waals surface area contributed by atoms with E-state index < -0.39 is 20.1 Å². The van der Waals surface area contributed by atoms with Gasteiger partial charge in [0.15, 0.2) is 5.75 Å². The van der Waals surface area contributed by atoms with Gasteiger partial charge in [0, 0.05) is 0 Å². The molecule has 0 unspecified atom stereocenters. The molecule has 1 aromatic carbocycles. The van der Waals surface area contributed by atoms with Crippen LogP contribution in [0.25, 0.3) is 0 Å². The minimum Gasteiger partial charge on any atom is -0.541 e. The lowest BCUT2D eigenvalue weighted by atomic mass is 10.1. The molecule has 0 aliphatic carbocycles. The number of rotatable bonds is 5. The third-order valence-corrected chi connectivity index (χ3v) is 8.22. The van der Waals surface area contributed by atoms with E-state index in [9.17, 15) is 14.7 Å². The number of para-hydroxylation sites is 1. The van der Waals surface area contributed by atoms with Crippen molar-refractivity contribution in [2.45, 2.75) is 45.8 Å². The Bertz CT molecular complexity index is 572. The van der Waals surface area contributed by atoms with E-state index in [0.717, 1.165) is 0 Å². The van der Waals surface area contributed by atoms with Gasteiger partial charge in [-0.2, -0.15) is 0 Å². The van der Waals surface area contributed by atoms with E-state index in [2.05, 4.69) is 25.5 Å². The number of ether oxygens (including phenoxy) is 1. The number of hydrogen-bond acceptors (Lipinski definition) is 5. The fourth-order valence-corrected chi connectivity index (χ4v) is 2.54. The predicted molar refractivity (Wildman–Crippen MR) is 86.9 cm³/mol. The second-order valence-electron chi connectivity index (χ2n) is 6.56. The first kappa shape index (κ1) is 18.2. The van der Waals surface area contributed by atoms with Crippen molar-refractivity contribution < 1.29 is 23.9 Å². The minimum atomic E-state index is -2.16. The van der Waals surface area contributed by atoms with Gasteiger partial charge in [-0.15, -0.1) is 0 Å². The van der Waals surface area contributed by atoms with Crippen molar-refractivity contribution in [1.29, 1.82) is 0 Å². The Labute approximate surface area is 132 Å². The lowest BCUT2D eigenvalue weighted by Gasteiger charge is -2.36. The average Bonchev–Trinajstić information content (AvgIpc) is 2.39. The third-order valence-electron chi connectivity index (χ3n) is 3.88. The zero-order chi connectivity index (χ0) is 17.1. The maximum atomic E-state index is 12.0. The van der Waals surface area contributed by atoms with Gasteiger partial charge in [0.25, 0.3) is 14.1 Å². The second-order valence-corrected chi connectivity index (χ2v) is 11.3. The highest BCUT2D eigenvalue weighted by atomic mass is 28.4. The number of benzene rings is 1. The topological polar surface area (TPSA) is 72.8 Å². The largest absolute Gasteiger partial charge is 0.541 e. The first-order chi connectivity index (χ1) is 10.0. The van der Waals surface area contributed by atoms with Crippen LogP contribution >= 0.6 is 0 Å². The summed E-state index contributed by atoms with van der Waals surface area (Å²) in [5.74, 6) is -1.95. The van der Waals surface area contributed by atoms with Gasteiger partial charge in [0.1, 0.15) is 5.75 Å². The Balaban J connectivity index is 3.14.